The van der Waals surface area contributed by atoms with E-state index in [1.807, 2.05) is 0 Å². The number of anilines is 1. The van der Waals surface area contributed by atoms with Crippen molar-refractivity contribution in [2.45, 2.75) is 32.8 Å². The van der Waals surface area contributed by atoms with Crippen LogP contribution in [0.2, 0.25) is 0 Å². The molecule has 5 heteroatoms. The van der Waals surface area contributed by atoms with Gasteiger partial charge in [-0.25, -0.2) is 4.98 Å². The molecule has 3 aromatic rings. The van der Waals surface area contributed by atoms with E-state index in [2.05, 4.69) is 48.4 Å². The van der Waals surface area contributed by atoms with Crippen molar-refractivity contribution in [2.24, 2.45) is 0 Å². The van der Waals surface area contributed by atoms with E-state index in [-0.39, 0.29) is 0 Å². The van der Waals surface area contributed by atoms with Crippen molar-refractivity contribution in [1.29, 1.82) is 0 Å². The van der Waals surface area contributed by atoms with Crippen molar-refractivity contribution in [3.8, 4) is 11.3 Å². The zero-order chi connectivity index (χ0) is 15.8. The summed E-state index contributed by atoms with van der Waals surface area (Å²) in [5.41, 5.74) is 4.64. The maximum atomic E-state index is 5.67. The second kappa shape index (κ2) is 5.98. The molecule has 2 aromatic heterocycles. The summed E-state index contributed by atoms with van der Waals surface area (Å²) >= 11 is 1.72. The maximum absolute atomic E-state index is 5.67. The molecular weight excluding hydrogens is 306 g/mol. The van der Waals surface area contributed by atoms with Crippen LogP contribution in [-0.4, -0.2) is 29.2 Å². The van der Waals surface area contributed by atoms with E-state index in [0.29, 0.717) is 6.10 Å². The molecule has 0 unspecified atom stereocenters. The van der Waals surface area contributed by atoms with Crippen LogP contribution in [0.3, 0.4) is 0 Å². The van der Waals surface area contributed by atoms with Crippen LogP contribution in [0.25, 0.3) is 22.2 Å². The van der Waals surface area contributed by atoms with Gasteiger partial charge in [0.2, 0.25) is 0 Å². The van der Waals surface area contributed by atoms with Gasteiger partial charge >= 0.3 is 0 Å². The van der Waals surface area contributed by atoms with Crippen LogP contribution in [0, 0.1) is 13.8 Å². The lowest BCUT2D eigenvalue weighted by Gasteiger charge is -2.09. The number of nitrogens with zero attached hydrogens (tertiary/aromatic N) is 1. The van der Waals surface area contributed by atoms with Gasteiger partial charge in [0.1, 0.15) is 0 Å². The first-order chi connectivity index (χ1) is 11.2. The van der Waals surface area contributed by atoms with E-state index >= 15 is 0 Å². The van der Waals surface area contributed by atoms with Crippen LogP contribution in [0.4, 0.5) is 5.13 Å². The molecule has 1 aliphatic rings. The molecule has 0 spiro atoms. The maximum Gasteiger partial charge on any atom is 0.183 e. The van der Waals surface area contributed by atoms with Gasteiger partial charge in [-0.05, 0) is 32.8 Å². The third kappa shape index (κ3) is 2.75. The van der Waals surface area contributed by atoms with Crippen molar-refractivity contribution in [2.75, 3.05) is 18.5 Å². The summed E-state index contributed by atoms with van der Waals surface area (Å²) < 4.78 is 5.67. The van der Waals surface area contributed by atoms with Gasteiger partial charge in [-0.1, -0.05) is 18.2 Å². The molecule has 23 heavy (non-hydrogen) atoms. The first-order valence-corrected chi connectivity index (χ1v) is 8.94. The smallest absolute Gasteiger partial charge is 0.183 e. The fourth-order valence-corrected chi connectivity index (χ4v) is 4.12. The normalized spacial score (nSPS) is 17.9. The molecular formula is C18H21N3OS. The molecule has 0 aliphatic carbocycles. The Kier molecular flexibility index (Phi) is 3.83. The quantitative estimate of drug-likeness (QED) is 0.742. The molecule has 1 aliphatic heterocycles. The van der Waals surface area contributed by atoms with Gasteiger partial charge in [-0.2, -0.15) is 0 Å². The van der Waals surface area contributed by atoms with Gasteiger partial charge < -0.3 is 15.0 Å². The lowest BCUT2D eigenvalue weighted by molar-refractivity contribution is 0.120. The Labute approximate surface area is 139 Å². The number of para-hydroxylation sites is 1. The lowest BCUT2D eigenvalue weighted by atomic mass is 10.1. The summed E-state index contributed by atoms with van der Waals surface area (Å²) in [6.45, 7) is 6.00. The molecule has 120 valence electrons. The fourth-order valence-electron chi connectivity index (χ4n) is 3.29. The molecule has 4 rings (SSSR count). The first-order valence-electron chi connectivity index (χ1n) is 8.13. The Balaban J connectivity index is 1.64. The van der Waals surface area contributed by atoms with Gasteiger partial charge in [0.15, 0.2) is 5.13 Å². The van der Waals surface area contributed by atoms with Crippen molar-refractivity contribution in [1.82, 2.24) is 9.97 Å². The van der Waals surface area contributed by atoms with Crippen LogP contribution in [-0.2, 0) is 4.74 Å². The number of fused-ring (bicyclic) bond motifs is 1. The molecule has 0 bridgehead atoms. The van der Waals surface area contributed by atoms with Gasteiger partial charge in [0, 0.05) is 40.2 Å². The minimum atomic E-state index is 0.331. The highest BCUT2D eigenvalue weighted by Gasteiger charge is 2.19. The minimum Gasteiger partial charge on any atom is -0.376 e. The number of hydrogen-bond acceptors (Lipinski definition) is 4. The molecule has 1 fully saturated rings. The monoisotopic (exact) mass is 327 g/mol. The standard InChI is InChI=1S/C18H21N3OS/c1-11-16(14-7-3-4-8-15(14)20-11)17-12(2)23-18(21-17)19-10-13-6-5-9-22-13/h3-4,7-8,13,20H,5-6,9-10H2,1-2H3,(H,19,21)/t13-/m1/s1. The molecule has 3 heterocycles. The number of ether oxygens (including phenoxy) is 1. The second-order valence-electron chi connectivity index (χ2n) is 6.11. The molecule has 1 atom stereocenters. The van der Waals surface area contributed by atoms with Crippen molar-refractivity contribution in [3.05, 3.63) is 34.8 Å². The highest BCUT2D eigenvalue weighted by Crippen LogP contribution is 2.37. The van der Waals surface area contributed by atoms with E-state index < -0.39 is 0 Å². The number of aryl methyl sites for hydroxylation is 2. The largest absolute Gasteiger partial charge is 0.376 e. The van der Waals surface area contributed by atoms with E-state index in [9.17, 15) is 0 Å². The van der Waals surface area contributed by atoms with Crippen LogP contribution < -0.4 is 5.32 Å². The molecule has 0 radical (unpaired) electrons. The Bertz CT molecular complexity index is 830. The van der Waals surface area contributed by atoms with Gasteiger partial charge in [-0.3, -0.25) is 0 Å². The van der Waals surface area contributed by atoms with Gasteiger partial charge in [-0.15, -0.1) is 11.3 Å². The van der Waals surface area contributed by atoms with Gasteiger partial charge in [0.25, 0.3) is 0 Å². The number of aromatic amines is 1. The second-order valence-corrected chi connectivity index (χ2v) is 7.31. The molecule has 4 nitrogen and oxygen atoms in total. The third-order valence-corrected chi connectivity index (χ3v) is 5.36. The average molecular weight is 327 g/mol. The fraction of sp³-hybridized carbons (Fsp3) is 0.389. The highest BCUT2D eigenvalue weighted by molar-refractivity contribution is 7.16. The third-order valence-electron chi connectivity index (χ3n) is 4.43. The summed E-state index contributed by atoms with van der Waals surface area (Å²) in [5.74, 6) is 0. The topological polar surface area (TPSA) is 49.9 Å². The zero-order valence-electron chi connectivity index (χ0n) is 13.5. The van der Waals surface area contributed by atoms with E-state index in [1.54, 1.807) is 11.3 Å². The molecule has 0 amide bonds. The Morgan fingerprint density at radius 3 is 3.04 bits per heavy atom. The summed E-state index contributed by atoms with van der Waals surface area (Å²) in [4.78, 5) is 9.56. The average Bonchev–Trinajstić information content (AvgIpc) is 3.23. The number of thiazole rings is 1. The number of benzene rings is 1. The van der Waals surface area contributed by atoms with E-state index in [1.165, 1.54) is 33.5 Å². The van der Waals surface area contributed by atoms with Crippen molar-refractivity contribution < 1.29 is 4.74 Å². The number of hydrogen-bond donors (Lipinski definition) is 2. The van der Waals surface area contributed by atoms with Gasteiger partial charge in [0.05, 0.1) is 11.8 Å². The number of H-pyrrole nitrogens is 1. The number of rotatable bonds is 4. The molecule has 2 N–H and O–H groups in total. The Morgan fingerprint density at radius 1 is 1.35 bits per heavy atom. The van der Waals surface area contributed by atoms with E-state index in [4.69, 9.17) is 9.72 Å². The number of nitrogens with one attached hydrogen (secondary N) is 2. The summed E-state index contributed by atoms with van der Waals surface area (Å²) in [6, 6.07) is 8.42. The van der Waals surface area contributed by atoms with Crippen molar-refractivity contribution in [3.63, 3.8) is 0 Å². The van der Waals surface area contributed by atoms with Crippen LogP contribution in [0.1, 0.15) is 23.4 Å². The predicted molar refractivity (Wildman–Crippen MR) is 96.3 cm³/mol. The zero-order valence-corrected chi connectivity index (χ0v) is 14.3. The predicted octanol–water partition coefficient (Wildman–Crippen LogP) is 4.50. The first kappa shape index (κ1) is 14.7. The summed E-state index contributed by atoms with van der Waals surface area (Å²) in [5, 5.41) is 5.67. The highest BCUT2D eigenvalue weighted by atomic mass is 32.1. The summed E-state index contributed by atoms with van der Waals surface area (Å²) in [6.07, 6.45) is 2.65. The molecule has 0 saturated carbocycles. The lowest BCUT2D eigenvalue weighted by Crippen LogP contribution is -2.18. The van der Waals surface area contributed by atoms with Crippen LogP contribution >= 0.6 is 11.3 Å². The number of aromatic nitrogens is 2. The van der Waals surface area contributed by atoms with Crippen LogP contribution in [0.5, 0.6) is 0 Å². The van der Waals surface area contributed by atoms with Crippen molar-refractivity contribution >= 4 is 27.4 Å². The van der Waals surface area contributed by atoms with Crippen LogP contribution in [0.15, 0.2) is 24.3 Å². The Morgan fingerprint density at radius 2 is 2.22 bits per heavy atom. The SMILES string of the molecule is Cc1[nH]c2ccccc2c1-c1nc(NC[C@H]2CCCO2)sc1C. The minimum absolute atomic E-state index is 0.331. The Hall–Kier alpha value is -1.85. The summed E-state index contributed by atoms with van der Waals surface area (Å²) in [7, 11) is 0. The van der Waals surface area contributed by atoms with E-state index in [0.717, 1.165) is 30.4 Å². The molecule has 1 aromatic carbocycles. The molecule has 1 saturated heterocycles.